The van der Waals surface area contributed by atoms with Crippen LogP contribution in [0.2, 0.25) is 0 Å². The molecule has 0 aliphatic rings. The number of aromatic amines is 1. The van der Waals surface area contributed by atoms with Crippen LogP contribution in [0, 0.1) is 13.8 Å². The van der Waals surface area contributed by atoms with Crippen LogP contribution in [0.5, 0.6) is 0 Å². The fraction of sp³-hybridized carbons (Fsp3) is 0.214. The van der Waals surface area contributed by atoms with Gasteiger partial charge in [0.1, 0.15) is 5.82 Å². The Morgan fingerprint density at radius 1 is 1.22 bits per heavy atom. The highest BCUT2D eigenvalue weighted by atomic mass is 15.2. The Bertz CT molecular complexity index is 734. The summed E-state index contributed by atoms with van der Waals surface area (Å²) in [5.41, 5.74) is 11.6. The second kappa shape index (κ2) is 3.63. The van der Waals surface area contributed by atoms with Crippen LogP contribution < -0.4 is 5.73 Å². The number of hydrogen-bond acceptors (Lipinski definition) is 2. The van der Waals surface area contributed by atoms with Crippen molar-refractivity contribution in [2.45, 2.75) is 13.8 Å². The van der Waals surface area contributed by atoms with E-state index in [0.717, 1.165) is 11.3 Å². The summed E-state index contributed by atoms with van der Waals surface area (Å²) in [5, 5.41) is 8.21. The maximum Gasteiger partial charge on any atom is 0.145 e. The van der Waals surface area contributed by atoms with Gasteiger partial charge in [-0.2, -0.15) is 5.10 Å². The van der Waals surface area contributed by atoms with Crippen LogP contribution in [0.1, 0.15) is 11.1 Å². The van der Waals surface area contributed by atoms with Gasteiger partial charge in [0.25, 0.3) is 0 Å². The lowest BCUT2D eigenvalue weighted by Gasteiger charge is -2.03. The standard InChI is InChI=1S/C14H16N4/c1-8-4-9(2)14-10(5-8)11(7-18(14)3)12-6-13(15)17-16-12/h4-7H,1-3H3,(H3,15,16,17). The first-order valence-corrected chi connectivity index (χ1v) is 5.94. The van der Waals surface area contributed by atoms with Crippen molar-refractivity contribution in [2.75, 3.05) is 5.73 Å². The van der Waals surface area contributed by atoms with Crippen LogP contribution >= 0.6 is 0 Å². The highest BCUT2D eigenvalue weighted by Gasteiger charge is 2.12. The molecule has 0 radical (unpaired) electrons. The van der Waals surface area contributed by atoms with E-state index < -0.39 is 0 Å². The molecule has 4 heteroatoms. The van der Waals surface area contributed by atoms with E-state index in [1.807, 2.05) is 6.07 Å². The number of anilines is 1. The van der Waals surface area contributed by atoms with Crippen LogP contribution in [-0.2, 0) is 7.05 Å². The van der Waals surface area contributed by atoms with E-state index in [9.17, 15) is 0 Å². The average molecular weight is 240 g/mol. The lowest BCUT2D eigenvalue weighted by molar-refractivity contribution is 0.963. The van der Waals surface area contributed by atoms with Crippen molar-refractivity contribution in [1.82, 2.24) is 14.8 Å². The molecule has 92 valence electrons. The Balaban J connectivity index is 2.37. The van der Waals surface area contributed by atoms with Crippen molar-refractivity contribution in [3.05, 3.63) is 35.5 Å². The van der Waals surface area contributed by atoms with Crippen molar-refractivity contribution in [3.63, 3.8) is 0 Å². The molecule has 2 heterocycles. The molecule has 0 saturated heterocycles. The zero-order valence-corrected chi connectivity index (χ0v) is 10.8. The molecule has 0 saturated carbocycles. The third-order valence-electron chi connectivity index (χ3n) is 3.30. The molecule has 0 aliphatic heterocycles. The van der Waals surface area contributed by atoms with Crippen LogP contribution in [0.3, 0.4) is 0 Å². The lowest BCUT2D eigenvalue weighted by Crippen LogP contribution is -1.87. The molecule has 0 aliphatic carbocycles. The first-order valence-electron chi connectivity index (χ1n) is 5.94. The van der Waals surface area contributed by atoms with Gasteiger partial charge in [-0.3, -0.25) is 5.10 Å². The molecule has 0 spiro atoms. The zero-order chi connectivity index (χ0) is 12.9. The van der Waals surface area contributed by atoms with Crippen molar-refractivity contribution in [1.29, 1.82) is 0 Å². The summed E-state index contributed by atoms with van der Waals surface area (Å²) in [5.74, 6) is 0.520. The molecule has 0 amide bonds. The third kappa shape index (κ3) is 1.49. The highest BCUT2D eigenvalue weighted by Crippen LogP contribution is 2.32. The molecule has 3 rings (SSSR count). The van der Waals surface area contributed by atoms with Crippen LogP contribution in [-0.4, -0.2) is 14.8 Å². The highest BCUT2D eigenvalue weighted by molar-refractivity contribution is 5.97. The molecule has 4 nitrogen and oxygen atoms in total. The van der Waals surface area contributed by atoms with E-state index in [1.54, 1.807) is 0 Å². The maximum absolute atomic E-state index is 5.68. The van der Waals surface area contributed by atoms with E-state index in [4.69, 9.17) is 5.73 Å². The Morgan fingerprint density at radius 3 is 2.67 bits per heavy atom. The maximum atomic E-state index is 5.68. The number of aromatic nitrogens is 3. The molecule has 0 atom stereocenters. The molecular formula is C14H16N4. The number of nitrogens with one attached hydrogen (secondary N) is 1. The number of fused-ring (bicyclic) bond motifs is 1. The van der Waals surface area contributed by atoms with E-state index in [2.05, 4.69) is 54.0 Å². The molecule has 18 heavy (non-hydrogen) atoms. The van der Waals surface area contributed by atoms with Gasteiger partial charge in [0.15, 0.2) is 0 Å². The van der Waals surface area contributed by atoms with Gasteiger partial charge < -0.3 is 10.3 Å². The minimum atomic E-state index is 0.520. The van der Waals surface area contributed by atoms with Gasteiger partial charge in [0, 0.05) is 30.3 Å². The second-order valence-corrected chi connectivity index (χ2v) is 4.84. The van der Waals surface area contributed by atoms with Gasteiger partial charge in [0.05, 0.1) is 11.2 Å². The SMILES string of the molecule is Cc1cc(C)c2c(c1)c(-c1cc(N)n[nH]1)cn2C. The minimum Gasteiger partial charge on any atom is -0.382 e. The van der Waals surface area contributed by atoms with E-state index in [0.29, 0.717) is 5.82 Å². The number of aryl methyl sites for hydroxylation is 3. The predicted octanol–water partition coefficient (Wildman–Crippen LogP) is 2.77. The van der Waals surface area contributed by atoms with Crippen LogP contribution in [0.4, 0.5) is 5.82 Å². The van der Waals surface area contributed by atoms with Gasteiger partial charge >= 0.3 is 0 Å². The van der Waals surface area contributed by atoms with Crippen molar-refractivity contribution in [2.24, 2.45) is 7.05 Å². The van der Waals surface area contributed by atoms with Crippen molar-refractivity contribution < 1.29 is 0 Å². The summed E-state index contributed by atoms with van der Waals surface area (Å²) < 4.78 is 2.15. The first-order chi connectivity index (χ1) is 8.56. The largest absolute Gasteiger partial charge is 0.382 e. The van der Waals surface area contributed by atoms with Crippen molar-refractivity contribution in [3.8, 4) is 11.3 Å². The number of hydrogen-bond donors (Lipinski definition) is 2. The van der Waals surface area contributed by atoms with Gasteiger partial charge in [-0.1, -0.05) is 11.6 Å². The summed E-state index contributed by atoms with van der Waals surface area (Å²) in [6, 6.07) is 6.27. The van der Waals surface area contributed by atoms with E-state index in [-0.39, 0.29) is 0 Å². The number of H-pyrrole nitrogens is 1. The third-order valence-corrected chi connectivity index (χ3v) is 3.30. The predicted molar refractivity (Wildman–Crippen MR) is 74.4 cm³/mol. The molecule has 0 bridgehead atoms. The Labute approximate surface area is 105 Å². The minimum absolute atomic E-state index is 0.520. The number of benzene rings is 1. The van der Waals surface area contributed by atoms with Gasteiger partial charge in [0.2, 0.25) is 0 Å². The molecule has 3 aromatic rings. The molecule has 3 N–H and O–H groups in total. The van der Waals surface area contributed by atoms with Gasteiger partial charge in [-0.15, -0.1) is 0 Å². The number of nitrogens with two attached hydrogens (primary N) is 1. The summed E-state index contributed by atoms with van der Waals surface area (Å²) >= 11 is 0. The molecular weight excluding hydrogens is 224 g/mol. The molecule has 0 unspecified atom stereocenters. The average Bonchev–Trinajstić information content (AvgIpc) is 2.83. The summed E-state index contributed by atoms with van der Waals surface area (Å²) in [4.78, 5) is 0. The normalized spacial score (nSPS) is 11.3. The van der Waals surface area contributed by atoms with E-state index in [1.165, 1.54) is 22.0 Å². The number of nitrogen functional groups attached to an aromatic ring is 1. The quantitative estimate of drug-likeness (QED) is 0.687. The summed E-state index contributed by atoms with van der Waals surface area (Å²) in [7, 11) is 2.06. The Kier molecular flexibility index (Phi) is 2.20. The lowest BCUT2D eigenvalue weighted by atomic mass is 10.0. The van der Waals surface area contributed by atoms with Gasteiger partial charge in [-0.25, -0.2) is 0 Å². The number of nitrogens with zero attached hydrogens (tertiary/aromatic N) is 2. The monoisotopic (exact) mass is 240 g/mol. The second-order valence-electron chi connectivity index (χ2n) is 4.84. The summed E-state index contributed by atoms with van der Waals surface area (Å²) in [6.07, 6.45) is 2.12. The first kappa shape index (κ1) is 10.9. The fourth-order valence-corrected chi connectivity index (χ4v) is 2.65. The Hall–Kier alpha value is -2.23. The van der Waals surface area contributed by atoms with Gasteiger partial charge in [-0.05, 0) is 25.5 Å². The van der Waals surface area contributed by atoms with Crippen LogP contribution in [0.25, 0.3) is 22.2 Å². The Morgan fingerprint density at radius 2 is 2.00 bits per heavy atom. The number of rotatable bonds is 1. The summed E-state index contributed by atoms with van der Waals surface area (Å²) in [6.45, 7) is 4.25. The molecule has 1 aromatic carbocycles. The zero-order valence-electron chi connectivity index (χ0n) is 10.8. The van der Waals surface area contributed by atoms with Crippen molar-refractivity contribution >= 4 is 16.7 Å². The fourth-order valence-electron chi connectivity index (χ4n) is 2.65. The van der Waals surface area contributed by atoms with E-state index >= 15 is 0 Å². The van der Waals surface area contributed by atoms with Crippen LogP contribution in [0.15, 0.2) is 24.4 Å². The molecule has 0 fully saturated rings. The topological polar surface area (TPSA) is 59.6 Å². The molecule has 2 aromatic heterocycles. The smallest absolute Gasteiger partial charge is 0.145 e.